The third-order valence-electron chi connectivity index (χ3n) is 2.93. The van der Waals surface area contributed by atoms with E-state index in [1.54, 1.807) is 25.3 Å². The molecule has 0 saturated carbocycles. The van der Waals surface area contributed by atoms with E-state index >= 15 is 0 Å². The topological polar surface area (TPSA) is 52.0 Å². The first-order valence-corrected chi connectivity index (χ1v) is 6.64. The molecule has 0 spiro atoms. The Morgan fingerprint density at radius 1 is 1.29 bits per heavy atom. The van der Waals surface area contributed by atoms with E-state index in [4.69, 9.17) is 4.74 Å². The molecule has 0 unspecified atom stereocenters. The predicted molar refractivity (Wildman–Crippen MR) is 73.9 cm³/mol. The highest BCUT2D eigenvalue weighted by atomic mass is 19.3. The first kappa shape index (κ1) is 15.5. The molecule has 5 nitrogen and oxygen atoms in total. The summed E-state index contributed by atoms with van der Waals surface area (Å²) in [5.41, 5.74) is 0.593. The smallest absolute Gasteiger partial charge is 0.292 e. The van der Waals surface area contributed by atoms with Gasteiger partial charge >= 0.3 is 0 Å². The lowest BCUT2D eigenvalue weighted by atomic mass is 10.1. The van der Waals surface area contributed by atoms with Crippen LogP contribution in [-0.2, 0) is 23.7 Å². The molecule has 7 heteroatoms. The number of nitrogens with zero attached hydrogens (tertiary/aromatic N) is 3. The van der Waals surface area contributed by atoms with Gasteiger partial charge in [-0.3, -0.25) is 0 Å². The van der Waals surface area contributed by atoms with Gasteiger partial charge in [0, 0.05) is 25.8 Å². The Bertz CT molecular complexity index is 545. The first-order valence-electron chi connectivity index (χ1n) is 6.64. The molecule has 0 amide bonds. The minimum atomic E-state index is -2.98. The molecule has 0 saturated heterocycles. The van der Waals surface area contributed by atoms with Gasteiger partial charge in [0.1, 0.15) is 6.54 Å². The second-order valence-corrected chi connectivity index (χ2v) is 4.65. The van der Waals surface area contributed by atoms with Gasteiger partial charge in [-0.1, -0.05) is 35.5 Å². The van der Waals surface area contributed by atoms with Crippen molar-refractivity contribution in [1.82, 2.24) is 20.3 Å². The number of hydrogen-bond donors (Lipinski definition) is 1. The number of ether oxygens (including phenoxy) is 1. The molecule has 1 N–H and O–H groups in total. The Morgan fingerprint density at radius 2 is 2.05 bits per heavy atom. The standard InChI is InChI=1S/C14H18F2N4O/c1-21-8-7-17-9-13-10-20(19-18-13)11-14(15,16)12-5-3-2-4-6-12/h2-6,10,17H,7-9,11H2,1H3. The fourth-order valence-electron chi connectivity index (χ4n) is 1.86. The lowest BCUT2D eigenvalue weighted by Gasteiger charge is -2.16. The van der Waals surface area contributed by atoms with E-state index in [-0.39, 0.29) is 5.56 Å². The van der Waals surface area contributed by atoms with Crippen molar-refractivity contribution in [3.8, 4) is 0 Å². The van der Waals surface area contributed by atoms with E-state index in [0.717, 1.165) is 0 Å². The Hall–Kier alpha value is -1.86. The van der Waals surface area contributed by atoms with Crippen LogP contribution in [0, 0.1) is 0 Å². The number of methoxy groups -OCH3 is 1. The van der Waals surface area contributed by atoms with Crippen LogP contribution in [0.3, 0.4) is 0 Å². The number of rotatable bonds is 8. The summed E-state index contributed by atoms with van der Waals surface area (Å²) in [4.78, 5) is 0. The van der Waals surface area contributed by atoms with Crippen molar-refractivity contribution in [2.24, 2.45) is 0 Å². The molecular formula is C14H18F2N4O. The number of aromatic nitrogens is 3. The van der Waals surface area contributed by atoms with Gasteiger partial charge < -0.3 is 10.1 Å². The second-order valence-electron chi connectivity index (χ2n) is 4.65. The highest BCUT2D eigenvalue weighted by molar-refractivity contribution is 5.19. The minimum Gasteiger partial charge on any atom is -0.383 e. The Labute approximate surface area is 121 Å². The maximum atomic E-state index is 14.1. The molecule has 0 aliphatic carbocycles. The van der Waals surface area contributed by atoms with Crippen molar-refractivity contribution in [2.45, 2.75) is 19.0 Å². The average Bonchev–Trinajstić information content (AvgIpc) is 2.91. The molecule has 2 rings (SSSR count). The van der Waals surface area contributed by atoms with Gasteiger partial charge in [-0.25, -0.2) is 4.68 Å². The van der Waals surface area contributed by atoms with Gasteiger partial charge in [0.15, 0.2) is 0 Å². The summed E-state index contributed by atoms with van der Waals surface area (Å²) in [6.07, 6.45) is 1.52. The summed E-state index contributed by atoms with van der Waals surface area (Å²) in [6, 6.07) is 7.71. The SMILES string of the molecule is COCCNCc1cn(CC(F)(F)c2ccccc2)nn1. The number of benzene rings is 1. The first-order chi connectivity index (χ1) is 10.1. The van der Waals surface area contributed by atoms with E-state index in [1.165, 1.54) is 23.0 Å². The number of halogens is 2. The molecule has 1 heterocycles. The van der Waals surface area contributed by atoms with Crippen molar-refractivity contribution in [3.63, 3.8) is 0 Å². The average molecular weight is 296 g/mol. The summed E-state index contributed by atoms with van der Waals surface area (Å²) < 4.78 is 34.2. The quantitative estimate of drug-likeness (QED) is 0.755. The van der Waals surface area contributed by atoms with E-state index in [9.17, 15) is 8.78 Å². The fraction of sp³-hybridized carbons (Fsp3) is 0.429. The van der Waals surface area contributed by atoms with Gasteiger partial charge in [0.25, 0.3) is 5.92 Å². The maximum Gasteiger partial charge on any atom is 0.292 e. The summed E-state index contributed by atoms with van der Waals surface area (Å²) in [6.45, 7) is 1.20. The van der Waals surface area contributed by atoms with Crippen molar-refractivity contribution in [3.05, 3.63) is 47.8 Å². The molecule has 0 radical (unpaired) electrons. The monoisotopic (exact) mass is 296 g/mol. The third-order valence-corrected chi connectivity index (χ3v) is 2.93. The lowest BCUT2D eigenvalue weighted by molar-refractivity contribution is -0.0258. The molecule has 21 heavy (non-hydrogen) atoms. The van der Waals surface area contributed by atoms with Crippen molar-refractivity contribution < 1.29 is 13.5 Å². The Morgan fingerprint density at radius 3 is 2.76 bits per heavy atom. The van der Waals surface area contributed by atoms with Gasteiger partial charge in [-0.15, -0.1) is 5.10 Å². The van der Waals surface area contributed by atoms with E-state index in [0.29, 0.717) is 25.4 Å². The van der Waals surface area contributed by atoms with Gasteiger partial charge in [0.2, 0.25) is 0 Å². The van der Waals surface area contributed by atoms with Crippen LogP contribution in [0.15, 0.2) is 36.5 Å². The van der Waals surface area contributed by atoms with Crippen LogP contribution in [0.4, 0.5) is 8.78 Å². The zero-order chi connectivity index (χ0) is 15.1. The third kappa shape index (κ3) is 4.57. The summed E-state index contributed by atoms with van der Waals surface area (Å²) in [7, 11) is 1.61. The largest absolute Gasteiger partial charge is 0.383 e. The number of nitrogens with one attached hydrogen (secondary N) is 1. The van der Waals surface area contributed by atoms with Gasteiger partial charge in [-0.2, -0.15) is 8.78 Å². The Kier molecular flexibility index (Phi) is 5.35. The molecule has 114 valence electrons. The summed E-state index contributed by atoms with van der Waals surface area (Å²) in [5, 5.41) is 10.7. The Balaban J connectivity index is 1.92. The van der Waals surface area contributed by atoms with E-state index in [2.05, 4.69) is 15.6 Å². The molecule has 0 atom stereocenters. The molecule has 0 aliphatic rings. The van der Waals surface area contributed by atoms with Crippen LogP contribution < -0.4 is 5.32 Å². The molecule has 0 fully saturated rings. The number of alkyl halides is 2. The highest BCUT2D eigenvalue weighted by Gasteiger charge is 2.32. The lowest BCUT2D eigenvalue weighted by Crippen LogP contribution is -2.22. The van der Waals surface area contributed by atoms with Crippen LogP contribution in [0.25, 0.3) is 0 Å². The van der Waals surface area contributed by atoms with Crippen LogP contribution in [0.2, 0.25) is 0 Å². The van der Waals surface area contributed by atoms with Gasteiger partial charge in [-0.05, 0) is 0 Å². The zero-order valence-electron chi connectivity index (χ0n) is 11.8. The molecule has 1 aromatic carbocycles. The molecular weight excluding hydrogens is 278 g/mol. The molecule has 1 aromatic heterocycles. The van der Waals surface area contributed by atoms with Crippen molar-refractivity contribution >= 4 is 0 Å². The van der Waals surface area contributed by atoms with Crippen molar-refractivity contribution in [2.75, 3.05) is 20.3 Å². The molecule has 0 aliphatic heterocycles. The van der Waals surface area contributed by atoms with E-state index in [1.807, 2.05) is 0 Å². The minimum absolute atomic E-state index is 0.0275. The molecule has 2 aromatic rings. The molecule has 0 bridgehead atoms. The van der Waals surface area contributed by atoms with Crippen molar-refractivity contribution in [1.29, 1.82) is 0 Å². The second kappa shape index (κ2) is 7.24. The van der Waals surface area contributed by atoms with Crippen LogP contribution >= 0.6 is 0 Å². The van der Waals surface area contributed by atoms with Crippen LogP contribution in [-0.4, -0.2) is 35.3 Å². The van der Waals surface area contributed by atoms with Gasteiger partial charge in [0.05, 0.1) is 18.5 Å². The number of hydrogen-bond acceptors (Lipinski definition) is 4. The summed E-state index contributed by atoms with van der Waals surface area (Å²) >= 11 is 0. The highest BCUT2D eigenvalue weighted by Crippen LogP contribution is 2.29. The fourth-order valence-corrected chi connectivity index (χ4v) is 1.86. The van der Waals surface area contributed by atoms with Crippen LogP contribution in [0.5, 0.6) is 0 Å². The van der Waals surface area contributed by atoms with E-state index < -0.39 is 12.5 Å². The normalized spacial score (nSPS) is 11.8. The maximum absolute atomic E-state index is 14.1. The zero-order valence-corrected chi connectivity index (χ0v) is 11.8. The summed E-state index contributed by atoms with van der Waals surface area (Å²) in [5.74, 6) is -2.98. The van der Waals surface area contributed by atoms with Crippen LogP contribution in [0.1, 0.15) is 11.3 Å². The predicted octanol–water partition coefficient (Wildman–Crippen LogP) is 1.81.